The summed E-state index contributed by atoms with van der Waals surface area (Å²) in [4.78, 5) is 8.42. The number of nitrogens with one attached hydrogen (secondary N) is 1. The predicted molar refractivity (Wildman–Crippen MR) is 81.2 cm³/mol. The average molecular weight is 279 g/mol. The molecule has 0 aliphatic rings. The molecule has 0 aliphatic carbocycles. The first-order valence-electron chi connectivity index (χ1n) is 6.68. The van der Waals surface area contributed by atoms with Crippen molar-refractivity contribution in [3.8, 4) is 11.3 Å². The van der Waals surface area contributed by atoms with Crippen molar-refractivity contribution in [2.24, 2.45) is 0 Å². The Balaban J connectivity index is 1.77. The van der Waals surface area contributed by atoms with Gasteiger partial charge in [-0.1, -0.05) is 48.5 Å². The van der Waals surface area contributed by atoms with E-state index in [4.69, 9.17) is 0 Å². The molecule has 3 nitrogen and oxygen atoms in total. The number of rotatable bonds is 4. The van der Waals surface area contributed by atoms with Crippen LogP contribution in [-0.4, -0.2) is 9.97 Å². The molecule has 2 aromatic carbocycles. The Kier molecular flexibility index (Phi) is 3.87. The van der Waals surface area contributed by atoms with Gasteiger partial charge in [-0.3, -0.25) is 0 Å². The Labute approximate surface area is 122 Å². The van der Waals surface area contributed by atoms with Crippen molar-refractivity contribution in [2.75, 3.05) is 5.32 Å². The maximum absolute atomic E-state index is 13.6. The second-order valence-electron chi connectivity index (χ2n) is 4.60. The number of benzene rings is 2. The number of nitrogens with zero attached hydrogens (tertiary/aromatic N) is 2. The van der Waals surface area contributed by atoms with Gasteiger partial charge in [0.15, 0.2) is 0 Å². The summed E-state index contributed by atoms with van der Waals surface area (Å²) in [5.74, 6) is 0.453. The molecule has 0 atom stereocenters. The van der Waals surface area contributed by atoms with Crippen molar-refractivity contribution in [1.82, 2.24) is 9.97 Å². The summed E-state index contributed by atoms with van der Waals surface area (Å²) in [7, 11) is 0. The zero-order chi connectivity index (χ0) is 14.5. The van der Waals surface area contributed by atoms with Crippen LogP contribution in [0.3, 0.4) is 0 Å². The van der Waals surface area contributed by atoms with E-state index in [2.05, 4.69) is 15.3 Å². The van der Waals surface area contributed by atoms with Gasteiger partial charge in [-0.2, -0.15) is 0 Å². The molecule has 0 bridgehead atoms. The molecular weight excluding hydrogens is 265 g/mol. The lowest BCUT2D eigenvalue weighted by atomic mass is 10.1. The number of halogens is 1. The highest BCUT2D eigenvalue weighted by atomic mass is 19.1. The van der Waals surface area contributed by atoms with Crippen molar-refractivity contribution in [1.29, 1.82) is 0 Å². The van der Waals surface area contributed by atoms with E-state index < -0.39 is 0 Å². The molecule has 3 aromatic rings. The molecule has 0 unspecified atom stereocenters. The van der Waals surface area contributed by atoms with Crippen molar-refractivity contribution in [2.45, 2.75) is 6.54 Å². The minimum atomic E-state index is -0.220. The Morgan fingerprint density at radius 2 is 1.67 bits per heavy atom. The fraction of sp³-hybridized carbons (Fsp3) is 0.0588. The third kappa shape index (κ3) is 3.23. The summed E-state index contributed by atoms with van der Waals surface area (Å²) in [5.41, 5.74) is 2.47. The Bertz CT molecular complexity index is 729. The van der Waals surface area contributed by atoms with Crippen molar-refractivity contribution < 1.29 is 4.39 Å². The largest absolute Gasteiger partial charge is 0.366 e. The van der Waals surface area contributed by atoms with Gasteiger partial charge in [-0.15, -0.1) is 0 Å². The third-order valence-corrected chi connectivity index (χ3v) is 3.15. The summed E-state index contributed by atoms with van der Waals surface area (Å²) in [6, 6.07) is 18.4. The van der Waals surface area contributed by atoms with E-state index in [-0.39, 0.29) is 5.82 Å². The van der Waals surface area contributed by atoms with Crippen LogP contribution >= 0.6 is 0 Å². The minimum absolute atomic E-state index is 0.220. The summed E-state index contributed by atoms with van der Waals surface area (Å²) < 4.78 is 13.6. The van der Waals surface area contributed by atoms with E-state index in [9.17, 15) is 4.39 Å². The topological polar surface area (TPSA) is 37.8 Å². The first kappa shape index (κ1) is 13.2. The lowest BCUT2D eigenvalue weighted by Gasteiger charge is -2.08. The lowest BCUT2D eigenvalue weighted by molar-refractivity contribution is 0.613. The smallest absolute Gasteiger partial charge is 0.130 e. The molecular formula is C17H14FN3. The van der Waals surface area contributed by atoms with Crippen molar-refractivity contribution in [3.05, 3.63) is 78.4 Å². The van der Waals surface area contributed by atoms with Crippen LogP contribution in [0.5, 0.6) is 0 Å². The fourth-order valence-corrected chi connectivity index (χ4v) is 2.05. The maximum Gasteiger partial charge on any atom is 0.130 e. The van der Waals surface area contributed by atoms with Crippen LogP contribution in [0.25, 0.3) is 11.3 Å². The zero-order valence-electron chi connectivity index (χ0n) is 11.3. The van der Waals surface area contributed by atoms with E-state index in [0.29, 0.717) is 17.9 Å². The van der Waals surface area contributed by atoms with Gasteiger partial charge in [0.25, 0.3) is 0 Å². The second-order valence-corrected chi connectivity index (χ2v) is 4.60. The molecule has 1 N–H and O–H groups in total. The van der Waals surface area contributed by atoms with Gasteiger partial charge in [0.2, 0.25) is 0 Å². The van der Waals surface area contributed by atoms with Crippen LogP contribution in [-0.2, 0) is 6.54 Å². The van der Waals surface area contributed by atoms with Gasteiger partial charge in [0, 0.05) is 23.7 Å². The molecule has 0 saturated heterocycles. The van der Waals surface area contributed by atoms with Crippen molar-refractivity contribution >= 4 is 5.82 Å². The Hall–Kier alpha value is -2.75. The summed E-state index contributed by atoms with van der Waals surface area (Å²) in [6.45, 7) is 0.387. The molecule has 104 valence electrons. The monoisotopic (exact) mass is 279 g/mol. The quantitative estimate of drug-likeness (QED) is 0.787. The van der Waals surface area contributed by atoms with Gasteiger partial charge in [0.05, 0.1) is 5.69 Å². The third-order valence-electron chi connectivity index (χ3n) is 3.15. The first-order valence-corrected chi connectivity index (χ1v) is 6.68. The number of hydrogen-bond acceptors (Lipinski definition) is 3. The molecule has 0 radical (unpaired) electrons. The molecule has 0 aliphatic heterocycles. The molecule has 0 fully saturated rings. The second kappa shape index (κ2) is 6.13. The highest BCUT2D eigenvalue weighted by Gasteiger charge is 2.03. The van der Waals surface area contributed by atoms with Crippen LogP contribution in [0.1, 0.15) is 5.56 Å². The molecule has 3 rings (SSSR count). The standard InChI is InChI=1S/C17H14FN3/c18-15-9-5-4-8-14(15)11-19-17-10-16(20-12-21-17)13-6-2-1-3-7-13/h1-10,12H,11H2,(H,19,20,21). The summed E-state index contributed by atoms with van der Waals surface area (Å²) in [5, 5.41) is 3.12. The highest BCUT2D eigenvalue weighted by Crippen LogP contribution is 2.18. The van der Waals surface area contributed by atoms with Crippen LogP contribution < -0.4 is 5.32 Å². The normalized spacial score (nSPS) is 10.3. The number of hydrogen-bond donors (Lipinski definition) is 1. The summed E-state index contributed by atoms with van der Waals surface area (Å²) in [6.07, 6.45) is 1.51. The SMILES string of the molecule is Fc1ccccc1CNc1cc(-c2ccccc2)ncn1. The number of anilines is 1. The van der Waals surface area contributed by atoms with Crippen LogP contribution in [0.4, 0.5) is 10.2 Å². The molecule has 1 aromatic heterocycles. The zero-order valence-corrected chi connectivity index (χ0v) is 11.3. The average Bonchev–Trinajstić information content (AvgIpc) is 2.55. The molecule has 21 heavy (non-hydrogen) atoms. The fourth-order valence-electron chi connectivity index (χ4n) is 2.05. The lowest BCUT2D eigenvalue weighted by Crippen LogP contribution is -2.03. The van der Waals surface area contributed by atoms with E-state index in [0.717, 1.165) is 11.3 Å². The van der Waals surface area contributed by atoms with Gasteiger partial charge >= 0.3 is 0 Å². The van der Waals surface area contributed by atoms with Gasteiger partial charge < -0.3 is 5.32 Å². The van der Waals surface area contributed by atoms with Crippen LogP contribution in [0.2, 0.25) is 0 Å². The molecule has 0 spiro atoms. The molecule has 1 heterocycles. The Morgan fingerprint density at radius 1 is 0.905 bits per heavy atom. The summed E-state index contributed by atoms with van der Waals surface area (Å²) >= 11 is 0. The maximum atomic E-state index is 13.6. The highest BCUT2D eigenvalue weighted by molar-refractivity contribution is 5.61. The van der Waals surface area contributed by atoms with Crippen LogP contribution in [0, 0.1) is 5.82 Å². The van der Waals surface area contributed by atoms with Crippen LogP contribution in [0.15, 0.2) is 67.0 Å². The minimum Gasteiger partial charge on any atom is -0.366 e. The van der Waals surface area contributed by atoms with E-state index >= 15 is 0 Å². The molecule has 0 amide bonds. The number of aromatic nitrogens is 2. The van der Waals surface area contributed by atoms with E-state index in [1.54, 1.807) is 12.1 Å². The Morgan fingerprint density at radius 3 is 2.48 bits per heavy atom. The van der Waals surface area contributed by atoms with E-state index in [1.807, 2.05) is 42.5 Å². The van der Waals surface area contributed by atoms with E-state index in [1.165, 1.54) is 12.4 Å². The van der Waals surface area contributed by atoms with Gasteiger partial charge in [0.1, 0.15) is 18.0 Å². The molecule has 0 saturated carbocycles. The van der Waals surface area contributed by atoms with Gasteiger partial charge in [-0.25, -0.2) is 14.4 Å². The van der Waals surface area contributed by atoms with Crippen molar-refractivity contribution in [3.63, 3.8) is 0 Å². The molecule has 4 heteroatoms. The predicted octanol–water partition coefficient (Wildman–Crippen LogP) is 3.89. The van der Waals surface area contributed by atoms with Gasteiger partial charge in [-0.05, 0) is 6.07 Å². The first-order chi connectivity index (χ1) is 10.3.